The number of hydrogen-bond acceptors (Lipinski definition) is 5. The largest absolute Gasteiger partial charge is 0.497 e. The standard InChI is InChI=1S/C22H29N3O3/c1-22(2,3)15-25(20-7-5-6-10-23-20)21(27)18-9-8-17(28-4)11-19(18)24-12-16(13-24)14-26/h5-11,16,26H,12-15H2,1-4H3. The summed E-state index contributed by atoms with van der Waals surface area (Å²) in [5, 5.41) is 9.36. The van der Waals surface area contributed by atoms with E-state index in [1.807, 2.05) is 36.4 Å². The number of anilines is 2. The van der Waals surface area contributed by atoms with E-state index < -0.39 is 0 Å². The fourth-order valence-corrected chi connectivity index (χ4v) is 3.35. The number of nitrogens with zero attached hydrogens (tertiary/aromatic N) is 3. The number of aliphatic hydroxyl groups excluding tert-OH is 1. The number of methoxy groups -OCH3 is 1. The van der Waals surface area contributed by atoms with Gasteiger partial charge in [0, 0.05) is 44.4 Å². The number of aromatic nitrogens is 1. The fraction of sp³-hybridized carbons (Fsp3) is 0.455. The Kier molecular flexibility index (Phi) is 5.89. The van der Waals surface area contributed by atoms with Crippen LogP contribution in [0.4, 0.5) is 11.5 Å². The van der Waals surface area contributed by atoms with Crippen molar-refractivity contribution in [3.8, 4) is 5.75 Å². The van der Waals surface area contributed by atoms with Crippen molar-refractivity contribution < 1.29 is 14.6 Å². The minimum atomic E-state index is -0.0848. The van der Waals surface area contributed by atoms with Crippen LogP contribution in [0.15, 0.2) is 42.6 Å². The Morgan fingerprint density at radius 3 is 2.61 bits per heavy atom. The average Bonchev–Trinajstić information content (AvgIpc) is 2.64. The van der Waals surface area contributed by atoms with E-state index in [1.54, 1.807) is 18.2 Å². The van der Waals surface area contributed by atoms with E-state index in [9.17, 15) is 9.90 Å². The van der Waals surface area contributed by atoms with E-state index in [0.29, 0.717) is 23.7 Å². The van der Waals surface area contributed by atoms with E-state index in [2.05, 4.69) is 30.7 Å². The van der Waals surface area contributed by atoms with Gasteiger partial charge in [-0.05, 0) is 29.7 Å². The first-order valence-electron chi connectivity index (χ1n) is 9.59. The van der Waals surface area contributed by atoms with Crippen LogP contribution in [0.25, 0.3) is 0 Å². The van der Waals surface area contributed by atoms with Crippen LogP contribution < -0.4 is 14.5 Å². The topological polar surface area (TPSA) is 65.9 Å². The zero-order valence-electron chi connectivity index (χ0n) is 17.1. The molecule has 1 aromatic carbocycles. The van der Waals surface area contributed by atoms with Crippen molar-refractivity contribution in [2.75, 3.05) is 43.2 Å². The van der Waals surface area contributed by atoms with E-state index in [-0.39, 0.29) is 23.8 Å². The van der Waals surface area contributed by atoms with Crippen molar-refractivity contribution in [2.24, 2.45) is 11.3 Å². The Hall–Kier alpha value is -2.60. The van der Waals surface area contributed by atoms with Crippen LogP contribution in [0.2, 0.25) is 0 Å². The third-order valence-electron chi connectivity index (χ3n) is 4.79. The highest BCUT2D eigenvalue weighted by molar-refractivity contribution is 6.09. The van der Waals surface area contributed by atoms with Crippen molar-refractivity contribution >= 4 is 17.4 Å². The fourth-order valence-electron chi connectivity index (χ4n) is 3.35. The molecule has 2 heterocycles. The summed E-state index contributed by atoms with van der Waals surface area (Å²) in [4.78, 5) is 21.9. The Morgan fingerprint density at radius 1 is 1.29 bits per heavy atom. The highest BCUT2D eigenvalue weighted by Crippen LogP contribution is 2.33. The molecule has 0 spiro atoms. The third kappa shape index (κ3) is 4.44. The summed E-state index contributed by atoms with van der Waals surface area (Å²) < 4.78 is 5.37. The van der Waals surface area contributed by atoms with Crippen LogP contribution in [-0.2, 0) is 0 Å². The second-order valence-corrected chi connectivity index (χ2v) is 8.48. The second-order valence-electron chi connectivity index (χ2n) is 8.48. The molecule has 0 unspecified atom stereocenters. The van der Waals surface area contributed by atoms with Crippen molar-refractivity contribution in [3.63, 3.8) is 0 Å². The van der Waals surface area contributed by atoms with Crippen molar-refractivity contribution in [1.82, 2.24) is 4.98 Å². The molecule has 0 bridgehead atoms. The molecule has 1 aliphatic heterocycles. The molecule has 1 aliphatic rings. The molecule has 0 saturated carbocycles. The van der Waals surface area contributed by atoms with Gasteiger partial charge in [0.1, 0.15) is 11.6 Å². The average molecular weight is 383 g/mol. The lowest BCUT2D eigenvalue weighted by Gasteiger charge is -2.41. The zero-order valence-corrected chi connectivity index (χ0v) is 17.1. The number of rotatable bonds is 6. The van der Waals surface area contributed by atoms with Crippen LogP contribution in [0, 0.1) is 11.3 Å². The third-order valence-corrected chi connectivity index (χ3v) is 4.79. The maximum absolute atomic E-state index is 13.6. The first-order valence-corrected chi connectivity index (χ1v) is 9.59. The van der Waals surface area contributed by atoms with Crippen molar-refractivity contribution in [2.45, 2.75) is 20.8 Å². The van der Waals surface area contributed by atoms with Crippen molar-refractivity contribution in [1.29, 1.82) is 0 Å². The molecular formula is C22H29N3O3. The maximum Gasteiger partial charge on any atom is 0.261 e. The van der Waals surface area contributed by atoms with Gasteiger partial charge in [0.25, 0.3) is 5.91 Å². The van der Waals surface area contributed by atoms with E-state index in [4.69, 9.17) is 4.74 Å². The minimum Gasteiger partial charge on any atom is -0.497 e. The number of carbonyl (C=O) groups excluding carboxylic acids is 1. The number of benzene rings is 1. The monoisotopic (exact) mass is 383 g/mol. The molecule has 0 radical (unpaired) electrons. The van der Waals surface area contributed by atoms with Crippen LogP contribution >= 0.6 is 0 Å². The number of ether oxygens (including phenoxy) is 1. The Bertz CT molecular complexity index is 812. The number of carbonyl (C=O) groups is 1. The number of amides is 1. The molecule has 28 heavy (non-hydrogen) atoms. The molecule has 6 heteroatoms. The second kappa shape index (κ2) is 8.19. The van der Waals surface area contributed by atoms with E-state index in [1.165, 1.54) is 0 Å². The first kappa shape index (κ1) is 20.1. The van der Waals surface area contributed by atoms with Gasteiger partial charge in [-0.2, -0.15) is 0 Å². The highest BCUT2D eigenvalue weighted by Gasteiger charge is 2.32. The van der Waals surface area contributed by atoms with Gasteiger partial charge >= 0.3 is 0 Å². The normalized spacial score (nSPS) is 14.5. The van der Waals surface area contributed by atoms with Crippen LogP contribution in [-0.4, -0.2) is 49.3 Å². The molecule has 1 saturated heterocycles. The van der Waals surface area contributed by atoms with Gasteiger partial charge in [0.2, 0.25) is 0 Å². The molecule has 6 nitrogen and oxygen atoms in total. The Labute approximate surface area is 166 Å². The van der Waals surface area contributed by atoms with Gasteiger partial charge in [-0.1, -0.05) is 26.8 Å². The van der Waals surface area contributed by atoms with E-state index >= 15 is 0 Å². The van der Waals surface area contributed by atoms with Gasteiger partial charge < -0.3 is 14.7 Å². The van der Waals surface area contributed by atoms with Gasteiger partial charge in [-0.15, -0.1) is 0 Å². The molecule has 3 rings (SSSR count). The number of pyridine rings is 1. The molecule has 2 aromatic rings. The molecule has 1 fully saturated rings. The minimum absolute atomic E-state index is 0.0845. The lowest BCUT2D eigenvalue weighted by atomic mass is 9.95. The number of hydrogen-bond donors (Lipinski definition) is 1. The predicted molar refractivity (Wildman–Crippen MR) is 111 cm³/mol. The van der Waals surface area contributed by atoms with Gasteiger partial charge in [0.15, 0.2) is 0 Å². The summed E-state index contributed by atoms with van der Waals surface area (Å²) in [6, 6.07) is 11.1. The lowest BCUT2D eigenvalue weighted by Crippen LogP contribution is -2.49. The first-order chi connectivity index (χ1) is 13.3. The van der Waals surface area contributed by atoms with Crippen LogP contribution in [0.3, 0.4) is 0 Å². The smallest absolute Gasteiger partial charge is 0.261 e. The van der Waals surface area contributed by atoms with Gasteiger partial charge in [-0.25, -0.2) is 4.98 Å². The number of aliphatic hydroxyl groups is 1. The molecule has 1 amide bonds. The van der Waals surface area contributed by atoms with Crippen molar-refractivity contribution in [3.05, 3.63) is 48.2 Å². The Morgan fingerprint density at radius 2 is 2.04 bits per heavy atom. The summed E-state index contributed by atoms with van der Waals surface area (Å²) >= 11 is 0. The zero-order chi connectivity index (χ0) is 20.3. The van der Waals surface area contributed by atoms with Crippen LogP contribution in [0.1, 0.15) is 31.1 Å². The quantitative estimate of drug-likeness (QED) is 0.830. The SMILES string of the molecule is COc1ccc(C(=O)N(CC(C)(C)C)c2ccccn2)c(N2CC(CO)C2)c1. The predicted octanol–water partition coefficient (Wildman–Crippen LogP) is 3.21. The molecule has 0 aliphatic carbocycles. The molecule has 0 atom stereocenters. The summed E-state index contributed by atoms with van der Waals surface area (Å²) in [6.45, 7) is 8.48. The molecular weight excluding hydrogens is 354 g/mol. The summed E-state index contributed by atoms with van der Waals surface area (Å²) in [6.07, 6.45) is 1.70. The highest BCUT2D eigenvalue weighted by atomic mass is 16.5. The summed E-state index contributed by atoms with van der Waals surface area (Å²) in [7, 11) is 1.62. The summed E-state index contributed by atoms with van der Waals surface area (Å²) in [5.74, 6) is 1.51. The summed E-state index contributed by atoms with van der Waals surface area (Å²) in [5.41, 5.74) is 1.37. The molecule has 1 N–H and O–H groups in total. The van der Waals surface area contributed by atoms with Crippen LogP contribution in [0.5, 0.6) is 5.75 Å². The van der Waals surface area contributed by atoms with E-state index in [0.717, 1.165) is 18.8 Å². The molecule has 1 aromatic heterocycles. The lowest BCUT2D eigenvalue weighted by molar-refractivity contribution is 0.0976. The molecule has 150 valence electrons. The Balaban J connectivity index is 1.98. The maximum atomic E-state index is 13.6. The van der Waals surface area contributed by atoms with Gasteiger partial charge in [-0.3, -0.25) is 9.69 Å². The van der Waals surface area contributed by atoms with Gasteiger partial charge in [0.05, 0.1) is 18.4 Å².